The quantitative estimate of drug-likeness (QED) is 0.410. The Balaban J connectivity index is 1.83. The van der Waals surface area contributed by atoms with Gasteiger partial charge in [-0.15, -0.1) is 0 Å². The van der Waals surface area contributed by atoms with Crippen LogP contribution in [0.25, 0.3) is 0 Å². The third kappa shape index (κ3) is 4.11. The van der Waals surface area contributed by atoms with Gasteiger partial charge >= 0.3 is 0 Å². The Hall–Kier alpha value is -2.97. The minimum atomic E-state index is -0.570. The first kappa shape index (κ1) is 16.9. The molecule has 0 aliphatic rings. The molecule has 1 heterocycles. The van der Waals surface area contributed by atoms with Crippen LogP contribution in [0.1, 0.15) is 11.4 Å². The molecule has 3 rings (SSSR count). The normalized spacial score (nSPS) is 11.4. The topological polar surface area (TPSA) is 92.8 Å². The molecule has 128 valence electrons. The molecular formula is C16H12ClFN4O3. The molecule has 0 aliphatic heterocycles. The zero-order chi connectivity index (χ0) is 17.6. The predicted octanol–water partition coefficient (Wildman–Crippen LogP) is 3.50. The lowest BCUT2D eigenvalue weighted by atomic mass is 10.3. The Morgan fingerprint density at radius 3 is 2.76 bits per heavy atom. The number of para-hydroxylation sites is 1. The Morgan fingerprint density at radius 2 is 2.04 bits per heavy atom. The molecule has 25 heavy (non-hydrogen) atoms. The first-order valence-electron chi connectivity index (χ1n) is 7.11. The lowest BCUT2D eigenvalue weighted by molar-refractivity contribution is 0.233. The van der Waals surface area contributed by atoms with E-state index in [0.717, 1.165) is 6.07 Å². The van der Waals surface area contributed by atoms with Crippen molar-refractivity contribution in [2.75, 3.05) is 0 Å². The Bertz CT molecular complexity index is 886. The third-order valence-corrected chi connectivity index (χ3v) is 3.44. The number of ether oxygens (including phenoxy) is 1. The first-order valence-corrected chi connectivity index (χ1v) is 7.48. The van der Waals surface area contributed by atoms with Crippen molar-refractivity contribution in [1.29, 1.82) is 0 Å². The number of hydroxylamine groups is 1. The van der Waals surface area contributed by atoms with Gasteiger partial charge in [-0.25, -0.2) is 14.0 Å². The van der Waals surface area contributed by atoms with Crippen molar-refractivity contribution in [3.8, 4) is 5.75 Å². The van der Waals surface area contributed by atoms with Crippen molar-refractivity contribution < 1.29 is 19.0 Å². The molecule has 2 aromatic carbocycles. The maximum absolute atomic E-state index is 13.2. The number of aromatic nitrogens is 2. The third-order valence-electron chi connectivity index (χ3n) is 3.15. The van der Waals surface area contributed by atoms with Crippen LogP contribution >= 0.6 is 11.6 Å². The minimum absolute atomic E-state index is 0.0458. The Morgan fingerprint density at radius 1 is 1.24 bits per heavy atom. The van der Waals surface area contributed by atoms with Crippen molar-refractivity contribution >= 4 is 23.1 Å². The summed E-state index contributed by atoms with van der Waals surface area (Å²) in [5, 5.41) is 16.7. The summed E-state index contributed by atoms with van der Waals surface area (Å²) in [5.41, 5.74) is 2.70. The second-order valence-corrected chi connectivity index (χ2v) is 5.24. The molecule has 0 bridgehead atoms. The molecule has 0 unspecified atom stereocenters. The van der Waals surface area contributed by atoms with E-state index in [1.807, 2.05) is 23.7 Å². The smallest absolute Gasteiger partial charge is 0.182 e. The summed E-state index contributed by atoms with van der Waals surface area (Å²) in [6, 6.07) is 13.0. The fourth-order valence-corrected chi connectivity index (χ4v) is 2.14. The van der Waals surface area contributed by atoms with Gasteiger partial charge in [-0.05, 0) is 35.5 Å². The number of halogens is 2. The molecule has 9 heteroatoms. The average Bonchev–Trinajstić information content (AvgIpc) is 3.10. The predicted molar refractivity (Wildman–Crippen MR) is 87.6 cm³/mol. The van der Waals surface area contributed by atoms with Gasteiger partial charge in [-0.2, -0.15) is 0 Å². The van der Waals surface area contributed by atoms with E-state index < -0.39 is 5.82 Å². The van der Waals surface area contributed by atoms with Gasteiger partial charge in [-0.1, -0.05) is 35.0 Å². The van der Waals surface area contributed by atoms with Crippen LogP contribution in [0.3, 0.4) is 0 Å². The summed E-state index contributed by atoms with van der Waals surface area (Å²) < 4.78 is 23.5. The van der Waals surface area contributed by atoms with Gasteiger partial charge in [0.15, 0.2) is 17.2 Å². The van der Waals surface area contributed by atoms with Gasteiger partial charge in [0.05, 0.1) is 10.7 Å². The summed E-state index contributed by atoms with van der Waals surface area (Å²) >= 11 is 5.72. The van der Waals surface area contributed by atoms with Crippen LogP contribution in [0.4, 0.5) is 10.1 Å². The lowest BCUT2D eigenvalue weighted by Crippen LogP contribution is -2.22. The van der Waals surface area contributed by atoms with Crippen molar-refractivity contribution in [2.24, 2.45) is 4.99 Å². The van der Waals surface area contributed by atoms with E-state index in [9.17, 15) is 9.60 Å². The molecule has 0 aliphatic carbocycles. The van der Waals surface area contributed by atoms with E-state index in [1.54, 1.807) is 12.1 Å². The monoisotopic (exact) mass is 362 g/mol. The SMILES string of the molecule is ONC(=Nc1ccc(F)c(Cl)c1)c1nonc1COc1ccccc1. The van der Waals surface area contributed by atoms with Gasteiger partial charge < -0.3 is 4.74 Å². The number of nitrogens with one attached hydrogen (secondary N) is 1. The fourth-order valence-electron chi connectivity index (χ4n) is 1.96. The Labute approximate surface area is 146 Å². The number of rotatable bonds is 5. The van der Waals surface area contributed by atoms with Gasteiger partial charge in [0.25, 0.3) is 0 Å². The summed E-state index contributed by atoms with van der Waals surface area (Å²) in [6.07, 6.45) is 0. The maximum Gasteiger partial charge on any atom is 0.182 e. The maximum atomic E-state index is 13.2. The molecule has 0 saturated heterocycles. The highest BCUT2D eigenvalue weighted by molar-refractivity contribution is 6.31. The molecule has 0 fully saturated rings. The van der Waals surface area contributed by atoms with Gasteiger partial charge in [0, 0.05) is 0 Å². The molecule has 0 atom stereocenters. The zero-order valence-corrected chi connectivity index (χ0v) is 13.4. The van der Waals surface area contributed by atoms with E-state index in [0.29, 0.717) is 17.1 Å². The fraction of sp³-hybridized carbons (Fsp3) is 0.0625. The van der Waals surface area contributed by atoms with Gasteiger partial charge in [0.1, 0.15) is 18.2 Å². The van der Waals surface area contributed by atoms with E-state index >= 15 is 0 Å². The molecule has 0 spiro atoms. The van der Waals surface area contributed by atoms with Crippen molar-refractivity contribution in [2.45, 2.75) is 6.61 Å². The number of amidine groups is 1. The van der Waals surface area contributed by atoms with E-state index in [4.69, 9.17) is 21.0 Å². The molecule has 7 nitrogen and oxygen atoms in total. The van der Waals surface area contributed by atoms with E-state index in [-0.39, 0.29) is 23.2 Å². The largest absolute Gasteiger partial charge is 0.487 e. The van der Waals surface area contributed by atoms with E-state index in [2.05, 4.69) is 15.3 Å². The number of nitrogens with zero attached hydrogens (tertiary/aromatic N) is 3. The van der Waals surface area contributed by atoms with Crippen molar-refractivity contribution in [3.63, 3.8) is 0 Å². The molecule has 3 aromatic rings. The molecule has 1 aromatic heterocycles. The molecule has 0 radical (unpaired) electrons. The minimum Gasteiger partial charge on any atom is -0.487 e. The number of hydrogen-bond acceptors (Lipinski definition) is 6. The Kier molecular flexibility index (Phi) is 5.22. The second kappa shape index (κ2) is 7.73. The summed E-state index contributed by atoms with van der Waals surface area (Å²) in [6.45, 7) is 0.0493. The highest BCUT2D eigenvalue weighted by Crippen LogP contribution is 2.22. The zero-order valence-electron chi connectivity index (χ0n) is 12.7. The number of hydrogen-bond donors (Lipinski definition) is 2. The van der Waals surface area contributed by atoms with Crippen LogP contribution in [0.2, 0.25) is 5.02 Å². The molecule has 2 N–H and O–H groups in total. The molecule has 0 amide bonds. The molecule has 0 saturated carbocycles. The van der Waals surface area contributed by atoms with E-state index in [1.165, 1.54) is 12.1 Å². The molecular weight excluding hydrogens is 351 g/mol. The summed E-state index contributed by atoms with van der Waals surface area (Å²) in [5.74, 6) is 0.0203. The van der Waals surface area contributed by atoms with Crippen LogP contribution < -0.4 is 10.2 Å². The van der Waals surface area contributed by atoms with Gasteiger partial charge in [-0.3, -0.25) is 10.7 Å². The highest BCUT2D eigenvalue weighted by Gasteiger charge is 2.17. The standard InChI is InChI=1S/C16H12ClFN4O3/c17-12-8-10(6-7-13(12)18)19-16(20-23)15-14(21-25-22-15)9-24-11-4-2-1-3-5-11/h1-8,23H,9H2,(H,19,20). The van der Waals surface area contributed by atoms with Crippen LogP contribution in [-0.4, -0.2) is 21.4 Å². The van der Waals surface area contributed by atoms with Crippen LogP contribution in [-0.2, 0) is 6.61 Å². The summed E-state index contributed by atoms with van der Waals surface area (Å²) in [7, 11) is 0. The van der Waals surface area contributed by atoms with Crippen LogP contribution in [0.5, 0.6) is 5.75 Å². The van der Waals surface area contributed by atoms with Crippen LogP contribution in [0, 0.1) is 5.82 Å². The van der Waals surface area contributed by atoms with Gasteiger partial charge in [0.2, 0.25) is 0 Å². The highest BCUT2D eigenvalue weighted by atomic mass is 35.5. The summed E-state index contributed by atoms with van der Waals surface area (Å²) in [4.78, 5) is 4.12. The first-order chi connectivity index (χ1) is 12.2. The number of benzene rings is 2. The number of aliphatic imine (C=N–C) groups is 1. The second-order valence-electron chi connectivity index (χ2n) is 4.83. The lowest BCUT2D eigenvalue weighted by Gasteiger charge is -2.06. The van der Waals surface area contributed by atoms with Crippen molar-refractivity contribution in [3.05, 3.63) is 70.8 Å². The average molecular weight is 363 g/mol. The van der Waals surface area contributed by atoms with Crippen molar-refractivity contribution in [1.82, 2.24) is 15.8 Å². The van der Waals surface area contributed by atoms with Crippen LogP contribution in [0.15, 0.2) is 58.2 Å².